The number of amides is 2. The van der Waals surface area contributed by atoms with Crippen LogP contribution >= 0.6 is 0 Å². The predicted molar refractivity (Wildman–Crippen MR) is 153 cm³/mol. The number of benzene rings is 3. The Balaban J connectivity index is 1.58. The number of nitrogen functional groups attached to an aromatic ring is 1. The Kier molecular flexibility index (Phi) is 8.11. The summed E-state index contributed by atoms with van der Waals surface area (Å²) in [5, 5.41) is 14.7. The van der Waals surface area contributed by atoms with E-state index in [1.807, 2.05) is 61.8 Å². The van der Waals surface area contributed by atoms with E-state index < -0.39 is 5.91 Å². The first-order valence-corrected chi connectivity index (χ1v) is 12.6. The molecule has 0 fully saturated rings. The molecule has 3 aromatic carbocycles. The highest BCUT2D eigenvalue weighted by atomic mass is 19.1. The van der Waals surface area contributed by atoms with Gasteiger partial charge in [0.15, 0.2) is 0 Å². The molecule has 202 valence electrons. The van der Waals surface area contributed by atoms with E-state index in [-0.39, 0.29) is 23.5 Å². The Morgan fingerprint density at radius 2 is 1.77 bits per heavy atom. The van der Waals surface area contributed by atoms with Gasteiger partial charge in [0.05, 0.1) is 11.6 Å². The van der Waals surface area contributed by atoms with Crippen LogP contribution in [0.1, 0.15) is 34.5 Å². The van der Waals surface area contributed by atoms with Gasteiger partial charge >= 0.3 is 0 Å². The summed E-state index contributed by atoms with van der Waals surface area (Å²) >= 11 is 0. The fourth-order valence-corrected chi connectivity index (χ4v) is 4.46. The number of hydrogen-bond acceptors (Lipinski definition) is 5. The van der Waals surface area contributed by atoms with E-state index in [2.05, 4.69) is 10.6 Å². The van der Waals surface area contributed by atoms with E-state index in [4.69, 9.17) is 11.1 Å². The van der Waals surface area contributed by atoms with Crippen LogP contribution in [-0.4, -0.2) is 54.2 Å². The lowest BCUT2D eigenvalue weighted by atomic mass is 9.98. The van der Waals surface area contributed by atoms with Gasteiger partial charge in [-0.15, -0.1) is 0 Å². The van der Waals surface area contributed by atoms with E-state index in [1.165, 1.54) is 12.1 Å². The second kappa shape index (κ2) is 11.5. The predicted octanol–water partition coefficient (Wildman–Crippen LogP) is 4.10. The molecule has 0 spiro atoms. The van der Waals surface area contributed by atoms with Crippen LogP contribution in [0.15, 0.2) is 66.9 Å². The van der Waals surface area contributed by atoms with Crippen molar-refractivity contribution in [2.75, 3.05) is 32.9 Å². The van der Waals surface area contributed by atoms with Gasteiger partial charge < -0.3 is 25.8 Å². The molecule has 0 bridgehead atoms. The summed E-state index contributed by atoms with van der Waals surface area (Å²) in [6.07, 6.45) is 1.77. The number of carbonyl (C=O) groups is 2. The summed E-state index contributed by atoms with van der Waals surface area (Å²) < 4.78 is 15.5. The van der Waals surface area contributed by atoms with Crippen molar-refractivity contribution >= 4 is 34.1 Å². The van der Waals surface area contributed by atoms with Gasteiger partial charge in [-0.1, -0.05) is 24.3 Å². The Morgan fingerprint density at radius 3 is 2.46 bits per heavy atom. The van der Waals surface area contributed by atoms with Crippen molar-refractivity contribution in [2.24, 2.45) is 7.05 Å². The zero-order chi connectivity index (χ0) is 28.3. The second-order valence-electron chi connectivity index (χ2n) is 9.87. The van der Waals surface area contributed by atoms with Crippen LogP contribution in [0.3, 0.4) is 0 Å². The fraction of sp³-hybridized carbons (Fsp3) is 0.233. The van der Waals surface area contributed by atoms with E-state index >= 15 is 0 Å². The zero-order valence-corrected chi connectivity index (χ0v) is 22.5. The number of aromatic nitrogens is 1. The van der Waals surface area contributed by atoms with E-state index in [9.17, 15) is 14.0 Å². The summed E-state index contributed by atoms with van der Waals surface area (Å²) in [6.45, 7) is 2.91. The average Bonchev–Trinajstić information content (AvgIpc) is 3.23. The van der Waals surface area contributed by atoms with Crippen LogP contribution < -0.4 is 16.4 Å². The minimum Gasteiger partial charge on any atom is -0.398 e. The van der Waals surface area contributed by atoms with Crippen molar-refractivity contribution in [1.29, 1.82) is 5.41 Å². The monoisotopic (exact) mass is 528 g/mol. The van der Waals surface area contributed by atoms with Crippen molar-refractivity contribution in [3.8, 4) is 11.1 Å². The van der Waals surface area contributed by atoms with E-state index in [0.29, 0.717) is 35.5 Å². The van der Waals surface area contributed by atoms with Crippen LogP contribution in [0.25, 0.3) is 22.0 Å². The highest BCUT2D eigenvalue weighted by molar-refractivity contribution is 6.45. The molecule has 0 saturated heterocycles. The van der Waals surface area contributed by atoms with Crippen LogP contribution in [-0.2, 0) is 11.8 Å². The normalized spacial score (nSPS) is 11.9. The molecule has 8 nitrogen and oxygen atoms in total. The van der Waals surface area contributed by atoms with Crippen molar-refractivity contribution in [1.82, 2.24) is 20.1 Å². The standard InChI is InChI=1S/C30H33FN6O2/c1-18(19-6-5-7-22(31)14-19)35-29(38)25-17-37(4)27-11-9-20(15-24(25)27)21-8-10-23(26(32)16-21)28(33)30(39)34-12-13-36(2)3/h5-11,14-18,33H,12-13,32H2,1-4H3,(H,34,39)(H,35,38). The van der Waals surface area contributed by atoms with Gasteiger partial charge in [0.2, 0.25) is 0 Å². The van der Waals surface area contributed by atoms with Gasteiger partial charge in [0.25, 0.3) is 11.8 Å². The number of nitrogens with two attached hydrogens (primary N) is 1. The number of likely N-dealkylation sites (N-methyl/N-ethyl adjacent to an activating group) is 1. The molecule has 0 saturated carbocycles. The molecule has 4 aromatic rings. The van der Waals surface area contributed by atoms with Gasteiger partial charge in [-0.25, -0.2) is 4.39 Å². The molecular weight excluding hydrogens is 495 g/mol. The summed E-state index contributed by atoms with van der Waals surface area (Å²) in [6, 6.07) is 16.8. The first-order chi connectivity index (χ1) is 18.5. The Bertz CT molecular complexity index is 1560. The summed E-state index contributed by atoms with van der Waals surface area (Å²) in [5.41, 5.74) is 10.4. The third-order valence-corrected chi connectivity index (χ3v) is 6.66. The molecular formula is C30H33FN6O2. The quantitative estimate of drug-likeness (QED) is 0.193. The van der Waals surface area contributed by atoms with Crippen molar-refractivity contribution < 1.29 is 14.0 Å². The van der Waals surface area contributed by atoms with Gasteiger partial charge in [0.1, 0.15) is 11.5 Å². The minimum atomic E-state index is -0.481. The lowest BCUT2D eigenvalue weighted by Crippen LogP contribution is -2.36. The molecule has 9 heteroatoms. The van der Waals surface area contributed by atoms with Crippen molar-refractivity contribution in [2.45, 2.75) is 13.0 Å². The first-order valence-electron chi connectivity index (χ1n) is 12.6. The van der Waals surface area contributed by atoms with Crippen LogP contribution in [0.4, 0.5) is 10.1 Å². The van der Waals surface area contributed by atoms with E-state index in [1.54, 1.807) is 30.5 Å². The van der Waals surface area contributed by atoms with Crippen LogP contribution in [0.2, 0.25) is 0 Å². The molecule has 1 heterocycles. The molecule has 0 aliphatic carbocycles. The molecule has 0 aliphatic heterocycles. The molecule has 0 radical (unpaired) electrons. The maximum Gasteiger partial charge on any atom is 0.269 e. The largest absolute Gasteiger partial charge is 0.398 e. The molecule has 1 atom stereocenters. The molecule has 1 unspecified atom stereocenters. The lowest BCUT2D eigenvalue weighted by Gasteiger charge is -2.14. The Hall–Kier alpha value is -4.50. The van der Waals surface area contributed by atoms with Gasteiger partial charge in [-0.05, 0) is 74.1 Å². The number of nitrogens with one attached hydrogen (secondary N) is 3. The Labute approximate surface area is 227 Å². The number of hydrogen-bond donors (Lipinski definition) is 4. The fourth-order valence-electron chi connectivity index (χ4n) is 4.46. The summed E-state index contributed by atoms with van der Waals surface area (Å²) in [7, 11) is 5.69. The van der Waals surface area contributed by atoms with Gasteiger partial charge in [0, 0.05) is 48.5 Å². The van der Waals surface area contributed by atoms with E-state index in [0.717, 1.165) is 22.0 Å². The smallest absolute Gasteiger partial charge is 0.269 e. The zero-order valence-electron chi connectivity index (χ0n) is 22.5. The number of aryl methyl sites for hydroxylation is 1. The third-order valence-electron chi connectivity index (χ3n) is 6.66. The van der Waals surface area contributed by atoms with Gasteiger partial charge in [-0.2, -0.15) is 0 Å². The molecule has 4 rings (SSSR count). The number of halogens is 1. The maximum absolute atomic E-state index is 13.7. The number of anilines is 1. The van der Waals surface area contributed by atoms with Crippen molar-refractivity contribution in [3.05, 3.63) is 89.4 Å². The number of carbonyl (C=O) groups excluding carboxylic acids is 2. The summed E-state index contributed by atoms with van der Waals surface area (Å²) in [4.78, 5) is 27.6. The van der Waals surface area contributed by atoms with Gasteiger partial charge in [-0.3, -0.25) is 15.0 Å². The molecule has 39 heavy (non-hydrogen) atoms. The minimum absolute atomic E-state index is 0.192. The SMILES string of the molecule is CC(NC(=O)c1cn(C)c2ccc(-c3ccc(C(=N)C(=O)NCCN(C)C)c(N)c3)cc12)c1cccc(F)c1. The lowest BCUT2D eigenvalue weighted by molar-refractivity contribution is -0.114. The molecule has 2 amide bonds. The van der Waals surface area contributed by atoms with Crippen LogP contribution in [0, 0.1) is 11.2 Å². The number of fused-ring (bicyclic) bond motifs is 1. The molecule has 5 N–H and O–H groups in total. The second-order valence-corrected chi connectivity index (χ2v) is 9.87. The maximum atomic E-state index is 13.7. The molecule has 0 aliphatic rings. The first kappa shape index (κ1) is 27.5. The topological polar surface area (TPSA) is 116 Å². The highest BCUT2D eigenvalue weighted by Gasteiger charge is 2.19. The van der Waals surface area contributed by atoms with Crippen molar-refractivity contribution in [3.63, 3.8) is 0 Å². The summed E-state index contributed by atoms with van der Waals surface area (Å²) in [5.74, 6) is -1.10. The number of nitrogens with zero attached hydrogens (tertiary/aromatic N) is 2. The highest BCUT2D eigenvalue weighted by Crippen LogP contribution is 2.30. The average molecular weight is 529 g/mol. The Morgan fingerprint density at radius 1 is 1.05 bits per heavy atom. The van der Waals surface area contributed by atoms with Crippen LogP contribution in [0.5, 0.6) is 0 Å². The number of rotatable bonds is 9. The third kappa shape index (κ3) is 6.15. The molecule has 1 aromatic heterocycles.